The first kappa shape index (κ1) is 11.2. The van der Waals surface area contributed by atoms with Crippen LogP contribution in [0, 0.1) is 0 Å². The van der Waals surface area contributed by atoms with Crippen molar-refractivity contribution < 1.29 is 4.74 Å². The first-order valence-electron chi connectivity index (χ1n) is 5.26. The Bertz CT molecular complexity index is 437. The molecule has 0 bridgehead atoms. The molecule has 0 aliphatic carbocycles. The minimum absolute atomic E-state index is 0.00123. The minimum atomic E-state index is -0.00123. The van der Waals surface area contributed by atoms with Crippen LogP contribution in [0.25, 0.3) is 0 Å². The van der Waals surface area contributed by atoms with Crippen molar-refractivity contribution >= 4 is 11.3 Å². The third-order valence-corrected chi connectivity index (χ3v) is 3.12. The fourth-order valence-electron chi connectivity index (χ4n) is 1.52. The van der Waals surface area contributed by atoms with Gasteiger partial charge >= 0.3 is 0 Å². The molecular formula is C13H15NOS. The molecule has 0 spiro atoms. The van der Waals surface area contributed by atoms with Crippen LogP contribution < -0.4 is 10.5 Å². The van der Waals surface area contributed by atoms with Crippen LogP contribution in [0.4, 0.5) is 0 Å². The second kappa shape index (κ2) is 5.14. The van der Waals surface area contributed by atoms with Gasteiger partial charge in [-0.25, -0.2) is 0 Å². The van der Waals surface area contributed by atoms with Gasteiger partial charge in [-0.15, -0.1) is 0 Å². The van der Waals surface area contributed by atoms with E-state index in [1.54, 1.807) is 11.3 Å². The molecule has 0 aliphatic rings. The van der Waals surface area contributed by atoms with E-state index in [4.69, 9.17) is 10.5 Å². The summed E-state index contributed by atoms with van der Waals surface area (Å²) in [7, 11) is 0. The van der Waals surface area contributed by atoms with E-state index in [1.807, 2.05) is 31.2 Å². The van der Waals surface area contributed by atoms with Gasteiger partial charge in [0.25, 0.3) is 0 Å². The Morgan fingerprint density at radius 2 is 2.12 bits per heavy atom. The highest BCUT2D eigenvalue weighted by molar-refractivity contribution is 7.07. The maximum atomic E-state index is 5.89. The summed E-state index contributed by atoms with van der Waals surface area (Å²) in [6, 6.07) is 9.99. The molecule has 1 aromatic carbocycles. The van der Waals surface area contributed by atoms with Gasteiger partial charge in [0.05, 0.1) is 0 Å². The average molecular weight is 233 g/mol. The van der Waals surface area contributed by atoms with E-state index in [0.717, 1.165) is 11.3 Å². The van der Waals surface area contributed by atoms with Gasteiger partial charge in [0.1, 0.15) is 12.4 Å². The van der Waals surface area contributed by atoms with Crippen molar-refractivity contribution in [2.45, 2.75) is 19.6 Å². The zero-order valence-corrected chi connectivity index (χ0v) is 10.0. The van der Waals surface area contributed by atoms with Gasteiger partial charge < -0.3 is 10.5 Å². The van der Waals surface area contributed by atoms with Crippen LogP contribution in [0.5, 0.6) is 5.75 Å². The fraction of sp³-hybridized carbons (Fsp3) is 0.231. The van der Waals surface area contributed by atoms with E-state index in [1.165, 1.54) is 5.56 Å². The van der Waals surface area contributed by atoms with E-state index in [2.05, 4.69) is 16.8 Å². The number of rotatable bonds is 4. The third kappa shape index (κ3) is 2.62. The number of hydrogen-bond acceptors (Lipinski definition) is 3. The standard InChI is InChI=1S/C13H15NOS/c1-10(14)12-4-2-3-5-13(12)15-8-11-6-7-16-9-11/h2-7,9-10H,8,14H2,1H3. The monoisotopic (exact) mass is 233 g/mol. The molecule has 2 nitrogen and oxygen atoms in total. The predicted octanol–water partition coefficient (Wildman–Crippen LogP) is 3.35. The molecule has 2 rings (SSSR count). The quantitative estimate of drug-likeness (QED) is 0.879. The number of ether oxygens (including phenoxy) is 1. The first-order chi connectivity index (χ1) is 7.77. The van der Waals surface area contributed by atoms with Gasteiger partial charge in [-0.3, -0.25) is 0 Å². The van der Waals surface area contributed by atoms with Crippen molar-refractivity contribution in [2.75, 3.05) is 0 Å². The molecule has 1 unspecified atom stereocenters. The summed E-state index contributed by atoms with van der Waals surface area (Å²) in [5, 5.41) is 4.14. The molecule has 2 N–H and O–H groups in total. The van der Waals surface area contributed by atoms with Crippen LogP contribution in [0.1, 0.15) is 24.1 Å². The molecule has 0 amide bonds. The van der Waals surface area contributed by atoms with E-state index in [-0.39, 0.29) is 6.04 Å². The molecule has 1 heterocycles. The minimum Gasteiger partial charge on any atom is -0.489 e. The lowest BCUT2D eigenvalue weighted by molar-refractivity contribution is 0.302. The van der Waals surface area contributed by atoms with Crippen LogP contribution in [0.3, 0.4) is 0 Å². The topological polar surface area (TPSA) is 35.2 Å². The van der Waals surface area contributed by atoms with Crippen LogP contribution in [-0.4, -0.2) is 0 Å². The van der Waals surface area contributed by atoms with Crippen molar-refractivity contribution in [1.29, 1.82) is 0 Å². The first-order valence-corrected chi connectivity index (χ1v) is 6.20. The molecule has 84 valence electrons. The lowest BCUT2D eigenvalue weighted by Crippen LogP contribution is -2.07. The summed E-state index contributed by atoms with van der Waals surface area (Å²) >= 11 is 1.68. The number of thiophene rings is 1. The fourth-order valence-corrected chi connectivity index (χ4v) is 2.18. The molecule has 3 heteroatoms. The van der Waals surface area contributed by atoms with Crippen LogP contribution in [-0.2, 0) is 6.61 Å². The Morgan fingerprint density at radius 3 is 2.81 bits per heavy atom. The number of benzene rings is 1. The second-order valence-corrected chi connectivity index (χ2v) is 4.53. The van der Waals surface area contributed by atoms with Gasteiger partial charge in [-0.1, -0.05) is 18.2 Å². The molecule has 0 radical (unpaired) electrons. The largest absolute Gasteiger partial charge is 0.489 e. The highest BCUT2D eigenvalue weighted by Gasteiger charge is 2.06. The molecule has 0 fully saturated rings. The van der Waals surface area contributed by atoms with Crippen molar-refractivity contribution in [2.24, 2.45) is 5.73 Å². The Labute approximate surface area is 99.7 Å². The molecule has 2 aromatic rings. The second-order valence-electron chi connectivity index (χ2n) is 3.75. The predicted molar refractivity (Wildman–Crippen MR) is 67.7 cm³/mol. The summed E-state index contributed by atoms with van der Waals surface area (Å²) < 4.78 is 5.77. The molecule has 1 aromatic heterocycles. The molecule has 16 heavy (non-hydrogen) atoms. The molecular weight excluding hydrogens is 218 g/mol. The average Bonchev–Trinajstić information content (AvgIpc) is 2.79. The maximum Gasteiger partial charge on any atom is 0.124 e. The molecule has 1 atom stereocenters. The van der Waals surface area contributed by atoms with E-state index < -0.39 is 0 Å². The van der Waals surface area contributed by atoms with Crippen molar-refractivity contribution in [3.05, 3.63) is 52.2 Å². The summed E-state index contributed by atoms with van der Waals surface area (Å²) in [5.41, 5.74) is 8.14. The van der Waals surface area contributed by atoms with Gasteiger partial charge in [0.15, 0.2) is 0 Å². The van der Waals surface area contributed by atoms with Crippen molar-refractivity contribution in [3.8, 4) is 5.75 Å². The van der Waals surface area contributed by atoms with E-state index >= 15 is 0 Å². The van der Waals surface area contributed by atoms with Crippen LogP contribution in [0.2, 0.25) is 0 Å². The molecule has 0 aliphatic heterocycles. The van der Waals surface area contributed by atoms with Gasteiger partial charge in [0.2, 0.25) is 0 Å². The van der Waals surface area contributed by atoms with E-state index in [9.17, 15) is 0 Å². The number of hydrogen-bond donors (Lipinski definition) is 1. The van der Waals surface area contributed by atoms with E-state index in [0.29, 0.717) is 6.61 Å². The smallest absolute Gasteiger partial charge is 0.124 e. The Balaban J connectivity index is 2.09. The summed E-state index contributed by atoms with van der Waals surface area (Å²) in [5.74, 6) is 0.878. The summed E-state index contributed by atoms with van der Waals surface area (Å²) in [6.45, 7) is 2.57. The normalized spacial score (nSPS) is 12.4. The SMILES string of the molecule is CC(N)c1ccccc1OCc1ccsc1. The van der Waals surface area contributed by atoms with Crippen molar-refractivity contribution in [3.63, 3.8) is 0 Å². The number of nitrogens with two attached hydrogens (primary N) is 1. The molecule has 0 saturated heterocycles. The van der Waals surface area contributed by atoms with Gasteiger partial charge in [0, 0.05) is 11.6 Å². The van der Waals surface area contributed by atoms with Crippen LogP contribution >= 0.6 is 11.3 Å². The lowest BCUT2D eigenvalue weighted by atomic mass is 10.1. The Morgan fingerprint density at radius 1 is 1.31 bits per heavy atom. The highest BCUT2D eigenvalue weighted by atomic mass is 32.1. The van der Waals surface area contributed by atoms with Gasteiger partial charge in [-0.2, -0.15) is 11.3 Å². The van der Waals surface area contributed by atoms with Crippen molar-refractivity contribution in [1.82, 2.24) is 0 Å². The maximum absolute atomic E-state index is 5.89. The Kier molecular flexibility index (Phi) is 3.59. The van der Waals surface area contributed by atoms with Gasteiger partial charge in [-0.05, 0) is 35.4 Å². The third-order valence-electron chi connectivity index (χ3n) is 2.38. The summed E-state index contributed by atoms with van der Waals surface area (Å²) in [4.78, 5) is 0. The summed E-state index contributed by atoms with van der Waals surface area (Å²) in [6.07, 6.45) is 0. The zero-order valence-electron chi connectivity index (χ0n) is 9.22. The highest BCUT2D eigenvalue weighted by Crippen LogP contribution is 2.24. The Hall–Kier alpha value is -1.32. The zero-order chi connectivity index (χ0) is 11.4. The molecule has 0 saturated carbocycles. The van der Waals surface area contributed by atoms with Crippen LogP contribution in [0.15, 0.2) is 41.1 Å². The lowest BCUT2D eigenvalue weighted by Gasteiger charge is -2.13. The number of para-hydroxylation sites is 1.